The summed E-state index contributed by atoms with van der Waals surface area (Å²) in [7, 11) is 2.13. The van der Waals surface area contributed by atoms with Gasteiger partial charge in [-0.1, -0.05) is 6.92 Å². The number of rotatable bonds is 6. The largest absolute Gasteiger partial charge is 0.351 e. The van der Waals surface area contributed by atoms with E-state index in [0.29, 0.717) is 6.04 Å². The normalized spacial score (nSPS) is 18.3. The molecule has 0 aliphatic carbocycles. The highest BCUT2D eigenvalue weighted by Crippen LogP contribution is 2.23. The van der Waals surface area contributed by atoms with Crippen molar-refractivity contribution in [3.63, 3.8) is 0 Å². The number of hydrogen-bond acceptors (Lipinski definition) is 6. The van der Waals surface area contributed by atoms with Gasteiger partial charge in [0.05, 0.1) is 6.54 Å². The molecular formula is C15H23N7. The van der Waals surface area contributed by atoms with Crippen molar-refractivity contribution in [3.05, 3.63) is 30.0 Å². The molecule has 3 rings (SSSR count). The first-order valence-electron chi connectivity index (χ1n) is 7.89. The molecule has 118 valence electrons. The minimum absolute atomic E-state index is 0.482. The summed E-state index contributed by atoms with van der Waals surface area (Å²) in [6.45, 7) is 4.89. The van der Waals surface area contributed by atoms with Crippen LogP contribution in [0.15, 0.2) is 18.3 Å². The van der Waals surface area contributed by atoms with E-state index >= 15 is 0 Å². The van der Waals surface area contributed by atoms with E-state index in [0.717, 1.165) is 43.5 Å². The molecule has 2 aromatic rings. The molecule has 1 aliphatic heterocycles. The number of anilines is 1. The molecule has 7 nitrogen and oxygen atoms in total. The van der Waals surface area contributed by atoms with Crippen molar-refractivity contribution >= 4 is 5.82 Å². The fourth-order valence-corrected chi connectivity index (χ4v) is 3.02. The average molecular weight is 301 g/mol. The van der Waals surface area contributed by atoms with Gasteiger partial charge >= 0.3 is 0 Å². The number of aromatic nitrogens is 5. The van der Waals surface area contributed by atoms with E-state index in [-0.39, 0.29) is 0 Å². The van der Waals surface area contributed by atoms with Crippen LogP contribution in [0.1, 0.15) is 31.4 Å². The Bertz CT molecular complexity index is 583. The van der Waals surface area contributed by atoms with Gasteiger partial charge in [-0.05, 0) is 32.0 Å². The maximum atomic E-state index is 4.48. The standard InChI is InChI=1S/C15H23N7/c1-3-13-17-14(19-18-13)11-21(2)10-12-6-5-9-22(12)15-7-4-8-16-20-15/h4,7-8,12H,3,5-6,9-11H2,1-2H3,(H,17,18,19). The first-order valence-corrected chi connectivity index (χ1v) is 7.89. The lowest BCUT2D eigenvalue weighted by atomic mass is 10.2. The van der Waals surface area contributed by atoms with E-state index in [4.69, 9.17) is 0 Å². The number of nitrogens with zero attached hydrogens (tertiary/aromatic N) is 6. The van der Waals surface area contributed by atoms with Crippen LogP contribution >= 0.6 is 0 Å². The van der Waals surface area contributed by atoms with E-state index in [2.05, 4.69) is 49.1 Å². The second-order valence-corrected chi connectivity index (χ2v) is 5.82. The molecule has 0 aromatic carbocycles. The van der Waals surface area contributed by atoms with Crippen molar-refractivity contribution in [2.45, 2.75) is 38.8 Å². The van der Waals surface area contributed by atoms with Crippen LogP contribution in [0.4, 0.5) is 5.82 Å². The van der Waals surface area contributed by atoms with Crippen molar-refractivity contribution in [1.29, 1.82) is 0 Å². The Kier molecular flexibility index (Phi) is 4.62. The Hall–Kier alpha value is -2.02. The lowest BCUT2D eigenvalue weighted by molar-refractivity contribution is 0.296. The maximum absolute atomic E-state index is 4.48. The van der Waals surface area contributed by atoms with Crippen LogP contribution in [0.25, 0.3) is 0 Å². The number of hydrogen-bond donors (Lipinski definition) is 1. The number of aryl methyl sites for hydroxylation is 1. The van der Waals surface area contributed by atoms with Gasteiger partial charge in [-0.3, -0.25) is 10.00 Å². The third-order valence-corrected chi connectivity index (χ3v) is 4.07. The summed E-state index contributed by atoms with van der Waals surface area (Å²) in [5, 5.41) is 15.4. The number of likely N-dealkylation sites (N-methyl/N-ethyl adjacent to an activating group) is 1. The molecule has 1 N–H and O–H groups in total. The number of nitrogens with one attached hydrogen (secondary N) is 1. The topological polar surface area (TPSA) is 73.8 Å². The van der Waals surface area contributed by atoms with Crippen molar-refractivity contribution in [2.75, 3.05) is 25.0 Å². The van der Waals surface area contributed by atoms with E-state index in [1.54, 1.807) is 6.20 Å². The summed E-state index contributed by atoms with van der Waals surface area (Å²) < 4.78 is 0. The maximum Gasteiger partial charge on any atom is 0.151 e. The summed E-state index contributed by atoms with van der Waals surface area (Å²) in [4.78, 5) is 9.13. The zero-order valence-corrected chi connectivity index (χ0v) is 13.2. The molecule has 0 radical (unpaired) electrons. The first kappa shape index (κ1) is 14.9. The predicted octanol–water partition coefficient (Wildman–Crippen LogP) is 1.26. The molecule has 1 aliphatic rings. The summed E-state index contributed by atoms with van der Waals surface area (Å²) in [5.74, 6) is 2.79. The second-order valence-electron chi connectivity index (χ2n) is 5.82. The van der Waals surface area contributed by atoms with Crippen LogP contribution in [0.5, 0.6) is 0 Å². The number of aromatic amines is 1. The molecule has 2 aromatic heterocycles. The molecule has 1 atom stereocenters. The molecule has 1 unspecified atom stereocenters. The Labute approximate surface area is 130 Å². The van der Waals surface area contributed by atoms with E-state index < -0.39 is 0 Å². The van der Waals surface area contributed by atoms with Crippen LogP contribution in [0.3, 0.4) is 0 Å². The Morgan fingerprint density at radius 3 is 3.09 bits per heavy atom. The number of H-pyrrole nitrogens is 1. The third kappa shape index (κ3) is 3.41. The van der Waals surface area contributed by atoms with Gasteiger partial charge in [0.15, 0.2) is 5.82 Å². The molecular weight excluding hydrogens is 278 g/mol. The van der Waals surface area contributed by atoms with Crippen molar-refractivity contribution in [3.8, 4) is 0 Å². The monoisotopic (exact) mass is 301 g/mol. The van der Waals surface area contributed by atoms with E-state index in [9.17, 15) is 0 Å². The molecule has 0 bridgehead atoms. The highest BCUT2D eigenvalue weighted by Gasteiger charge is 2.27. The molecule has 0 saturated carbocycles. The van der Waals surface area contributed by atoms with Gasteiger partial charge in [0, 0.05) is 31.7 Å². The molecule has 3 heterocycles. The van der Waals surface area contributed by atoms with Gasteiger partial charge in [0.2, 0.25) is 0 Å². The van der Waals surface area contributed by atoms with Gasteiger partial charge in [-0.25, -0.2) is 4.98 Å². The minimum atomic E-state index is 0.482. The molecule has 0 amide bonds. The zero-order valence-electron chi connectivity index (χ0n) is 13.2. The van der Waals surface area contributed by atoms with Crippen LogP contribution < -0.4 is 4.90 Å². The lowest BCUT2D eigenvalue weighted by Crippen LogP contribution is -2.39. The smallest absolute Gasteiger partial charge is 0.151 e. The SMILES string of the molecule is CCc1n[nH]c(CN(C)CC2CCCN2c2cccnn2)n1. The van der Waals surface area contributed by atoms with Gasteiger partial charge in [-0.2, -0.15) is 10.2 Å². The second kappa shape index (κ2) is 6.83. The summed E-state index contributed by atoms with van der Waals surface area (Å²) in [5.41, 5.74) is 0. The van der Waals surface area contributed by atoms with Crippen molar-refractivity contribution in [2.24, 2.45) is 0 Å². The lowest BCUT2D eigenvalue weighted by Gasteiger charge is -2.28. The van der Waals surface area contributed by atoms with Gasteiger partial charge in [0.1, 0.15) is 11.6 Å². The molecule has 0 spiro atoms. The van der Waals surface area contributed by atoms with Crippen molar-refractivity contribution < 1.29 is 0 Å². The Morgan fingerprint density at radius 1 is 1.45 bits per heavy atom. The van der Waals surface area contributed by atoms with Crippen LogP contribution in [0, 0.1) is 0 Å². The van der Waals surface area contributed by atoms with Crippen LogP contribution in [-0.2, 0) is 13.0 Å². The quantitative estimate of drug-likeness (QED) is 0.866. The fraction of sp³-hybridized carbons (Fsp3) is 0.600. The highest BCUT2D eigenvalue weighted by molar-refractivity contribution is 5.39. The molecule has 1 saturated heterocycles. The van der Waals surface area contributed by atoms with Crippen LogP contribution in [0.2, 0.25) is 0 Å². The van der Waals surface area contributed by atoms with Gasteiger partial charge in [0.25, 0.3) is 0 Å². The summed E-state index contributed by atoms with van der Waals surface area (Å²) in [6, 6.07) is 4.47. The summed E-state index contributed by atoms with van der Waals surface area (Å²) >= 11 is 0. The first-order chi connectivity index (χ1) is 10.8. The van der Waals surface area contributed by atoms with E-state index in [1.807, 2.05) is 12.1 Å². The summed E-state index contributed by atoms with van der Waals surface area (Å²) in [6.07, 6.45) is 4.98. The van der Waals surface area contributed by atoms with E-state index in [1.165, 1.54) is 12.8 Å². The highest BCUT2D eigenvalue weighted by atomic mass is 15.3. The van der Waals surface area contributed by atoms with Crippen LogP contribution in [-0.4, -0.2) is 56.5 Å². The fourth-order valence-electron chi connectivity index (χ4n) is 3.02. The third-order valence-electron chi connectivity index (χ3n) is 4.07. The zero-order chi connectivity index (χ0) is 15.4. The molecule has 22 heavy (non-hydrogen) atoms. The average Bonchev–Trinajstić information content (AvgIpc) is 3.17. The molecule has 7 heteroatoms. The van der Waals surface area contributed by atoms with Gasteiger partial charge in [-0.15, -0.1) is 5.10 Å². The van der Waals surface area contributed by atoms with Crippen molar-refractivity contribution in [1.82, 2.24) is 30.3 Å². The molecule has 1 fully saturated rings. The Morgan fingerprint density at radius 2 is 2.36 bits per heavy atom. The Balaban J connectivity index is 1.59. The predicted molar refractivity (Wildman–Crippen MR) is 84.5 cm³/mol. The minimum Gasteiger partial charge on any atom is -0.351 e. The van der Waals surface area contributed by atoms with Gasteiger partial charge < -0.3 is 4.90 Å².